The van der Waals surface area contributed by atoms with Gasteiger partial charge in [0.15, 0.2) is 0 Å². The summed E-state index contributed by atoms with van der Waals surface area (Å²) in [5.41, 5.74) is 0. The fourth-order valence-corrected chi connectivity index (χ4v) is 1.51. The van der Waals surface area contributed by atoms with Gasteiger partial charge in [0.1, 0.15) is 5.78 Å². The van der Waals surface area contributed by atoms with Crippen molar-refractivity contribution in [3.05, 3.63) is 36.5 Å². The van der Waals surface area contributed by atoms with Gasteiger partial charge >= 0.3 is 0 Å². The second-order valence-electron chi connectivity index (χ2n) is 3.68. The Labute approximate surface area is 92.0 Å². The van der Waals surface area contributed by atoms with Gasteiger partial charge in [0.25, 0.3) is 0 Å². The lowest BCUT2D eigenvalue weighted by Gasteiger charge is -2.23. The van der Waals surface area contributed by atoms with Crippen molar-refractivity contribution >= 4 is 5.78 Å². The summed E-state index contributed by atoms with van der Waals surface area (Å²) in [5.74, 6) is 0.406. The third-order valence-electron chi connectivity index (χ3n) is 2.44. The van der Waals surface area contributed by atoms with Crippen LogP contribution in [0.2, 0.25) is 0 Å². The van der Waals surface area contributed by atoms with Gasteiger partial charge in [0.2, 0.25) is 0 Å². The van der Waals surface area contributed by atoms with Crippen molar-refractivity contribution in [1.82, 2.24) is 4.90 Å². The van der Waals surface area contributed by atoms with E-state index in [4.69, 9.17) is 0 Å². The van der Waals surface area contributed by atoms with Crippen LogP contribution in [0.4, 0.5) is 0 Å². The predicted molar refractivity (Wildman–Crippen MR) is 63.8 cm³/mol. The molecule has 0 atom stereocenters. The maximum Gasteiger partial charge on any atom is 0.135 e. The Bertz CT molecular complexity index is 266. The Morgan fingerprint density at radius 2 is 1.80 bits per heavy atom. The maximum atomic E-state index is 11.0. The quantitative estimate of drug-likeness (QED) is 0.657. The van der Waals surface area contributed by atoms with Crippen LogP contribution in [0.3, 0.4) is 0 Å². The van der Waals surface area contributed by atoms with Crippen molar-refractivity contribution in [3.63, 3.8) is 0 Å². The molecule has 0 aromatic rings. The van der Waals surface area contributed by atoms with Gasteiger partial charge < -0.3 is 0 Å². The van der Waals surface area contributed by atoms with Crippen molar-refractivity contribution in [2.24, 2.45) is 0 Å². The Balaban J connectivity index is 2.16. The third kappa shape index (κ3) is 5.33. The fraction of sp³-hybridized carbons (Fsp3) is 0.462. The topological polar surface area (TPSA) is 20.3 Å². The first kappa shape index (κ1) is 11.9. The van der Waals surface area contributed by atoms with Crippen LogP contribution in [-0.2, 0) is 4.79 Å². The number of carbonyl (C=O) groups excluding carboxylic acids is 1. The van der Waals surface area contributed by atoms with Gasteiger partial charge in [0.05, 0.1) is 0 Å². The lowest BCUT2D eigenvalue weighted by atomic mass is 10.1. The van der Waals surface area contributed by atoms with E-state index in [-0.39, 0.29) is 0 Å². The molecule has 0 N–H and O–H groups in total. The molecule has 1 rings (SSSR count). The summed E-state index contributed by atoms with van der Waals surface area (Å²) in [5, 5.41) is 0. The van der Waals surface area contributed by atoms with Gasteiger partial charge in [-0.25, -0.2) is 0 Å². The van der Waals surface area contributed by atoms with Crippen molar-refractivity contribution < 1.29 is 4.79 Å². The zero-order chi connectivity index (χ0) is 10.9. The molecule has 2 heteroatoms. The van der Waals surface area contributed by atoms with Crippen LogP contribution in [0, 0.1) is 0 Å². The van der Waals surface area contributed by atoms with Gasteiger partial charge in [-0.3, -0.25) is 9.69 Å². The van der Waals surface area contributed by atoms with E-state index in [2.05, 4.69) is 17.1 Å². The molecule has 2 nitrogen and oxygen atoms in total. The van der Waals surface area contributed by atoms with Gasteiger partial charge in [0, 0.05) is 32.5 Å². The maximum absolute atomic E-state index is 11.0. The largest absolute Gasteiger partial charge is 0.300 e. The zero-order valence-corrected chi connectivity index (χ0v) is 9.36. The summed E-state index contributed by atoms with van der Waals surface area (Å²) in [7, 11) is 0. The summed E-state index contributed by atoms with van der Waals surface area (Å²) >= 11 is 0. The summed E-state index contributed by atoms with van der Waals surface area (Å²) in [6.45, 7) is 4.79. The van der Waals surface area contributed by atoms with Crippen LogP contribution >= 0.6 is 0 Å². The summed E-state index contributed by atoms with van der Waals surface area (Å²) in [6, 6.07) is 0. The lowest BCUT2D eigenvalue weighted by molar-refractivity contribution is -0.121. The highest BCUT2D eigenvalue weighted by molar-refractivity contribution is 5.79. The standard InChI is InChI=1S/C13H19NO/c1-2-3-4-5-6-7-10-14-11-8-13(15)9-12-14/h2-7H,8-12H2,1H3/b3-2-,5-4-,7-6+. The highest BCUT2D eigenvalue weighted by Crippen LogP contribution is 2.04. The molecule has 82 valence electrons. The number of allylic oxidation sites excluding steroid dienone is 5. The third-order valence-corrected chi connectivity index (χ3v) is 2.44. The number of Topliss-reactive ketones (excluding diaryl/α,β-unsaturated/α-hetero) is 1. The molecule has 0 aromatic heterocycles. The van der Waals surface area contributed by atoms with E-state index in [9.17, 15) is 4.79 Å². The highest BCUT2D eigenvalue weighted by atomic mass is 16.1. The first-order chi connectivity index (χ1) is 7.33. The van der Waals surface area contributed by atoms with Crippen molar-refractivity contribution in [2.45, 2.75) is 19.8 Å². The van der Waals surface area contributed by atoms with E-state index >= 15 is 0 Å². The molecule has 1 aliphatic rings. The minimum absolute atomic E-state index is 0.406. The molecule has 0 spiro atoms. The van der Waals surface area contributed by atoms with Crippen LogP contribution in [0.25, 0.3) is 0 Å². The van der Waals surface area contributed by atoms with E-state index in [1.165, 1.54) is 0 Å². The Kier molecular flexibility index (Phi) is 5.71. The molecule has 0 saturated carbocycles. The molecule has 1 aliphatic heterocycles. The van der Waals surface area contributed by atoms with E-state index in [0.717, 1.165) is 32.5 Å². The molecular weight excluding hydrogens is 186 g/mol. The van der Waals surface area contributed by atoms with Crippen LogP contribution in [-0.4, -0.2) is 30.3 Å². The summed E-state index contributed by atoms with van der Waals surface area (Å²) < 4.78 is 0. The second kappa shape index (κ2) is 7.18. The van der Waals surface area contributed by atoms with E-state index in [0.29, 0.717) is 5.78 Å². The summed E-state index contributed by atoms with van der Waals surface area (Å²) in [6.07, 6.45) is 13.7. The van der Waals surface area contributed by atoms with Crippen LogP contribution in [0.15, 0.2) is 36.5 Å². The smallest absolute Gasteiger partial charge is 0.135 e. The second-order valence-corrected chi connectivity index (χ2v) is 3.68. The average Bonchev–Trinajstić information content (AvgIpc) is 2.26. The average molecular weight is 205 g/mol. The molecule has 0 amide bonds. The molecule has 1 fully saturated rings. The normalized spacial score (nSPS) is 19.9. The predicted octanol–water partition coefficient (Wildman–Crippen LogP) is 2.34. The number of nitrogens with zero attached hydrogens (tertiary/aromatic N) is 1. The number of hydrogen-bond acceptors (Lipinski definition) is 2. The van der Waals surface area contributed by atoms with Gasteiger partial charge in [-0.2, -0.15) is 0 Å². The molecule has 0 aromatic carbocycles. The van der Waals surface area contributed by atoms with Crippen LogP contribution < -0.4 is 0 Å². The molecule has 1 heterocycles. The SMILES string of the molecule is C\C=C/C=C\C=C\CN1CCC(=O)CC1. The minimum atomic E-state index is 0.406. The van der Waals surface area contributed by atoms with Crippen LogP contribution in [0.5, 0.6) is 0 Å². The Hall–Kier alpha value is -1.15. The number of piperidine rings is 1. The van der Waals surface area contributed by atoms with Gasteiger partial charge in [-0.15, -0.1) is 0 Å². The molecule has 0 unspecified atom stereocenters. The number of hydrogen-bond donors (Lipinski definition) is 0. The minimum Gasteiger partial charge on any atom is -0.300 e. The Morgan fingerprint density at radius 1 is 1.13 bits per heavy atom. The first-order valence-corrected chi connectivity index (χ1v) is 5.51. The number of likely N-dealkylation sites (tertiary alicyclic amines) is 1. The molecule has 0 aliphatic carbocycles. The van der Waals surface area contributed by atoms with Crippen molar-refractivity contribution in [3.8, 4) is 0 Å². The molecule has 0 bridgehead atoms. The van der Waals surface area contributed by atoms with Crippen LogP contribution in [0.1, 0.15) is 19.8 Å². The van der Waals surface area contributed by atoms with Crippen molar-refractivity contribution in [2.75, 3.05) is 19.6 Å². The number of rotatable bonds is 4. The van der Waals surface area contributed by atoms with Gasteiger partial charge in [-0.05, 0) is 6.92 Å². The zero-order valence-electron chi connectivity index (χ0n) is 9.36. The van der Waals surface area contributed by atoms with E-state index in [1.54, 1.807) is 0 Å². The molecule has 15 heavy (non-hydrogen) atoms. The summed E-state index contributed by atoms with van der Waals surface area (Å²) in [4.78, 5) is 13.3. The fourth-order valence-electron chi connectivity index (χ4n) is 1.51. The molecule has 1 saturated heterocycles. The van der Waals surface area contributed by atoms with Crippen molar-refractivity contribution in [1.29, 1.82) is 0 Å². The Morgan fingerprint density at radius 3 is 2.47 bits per heavy atom. The molecular formula is C13H19NO. The van der Waals surface area contributed by atoms with E-state index < -0.39 is 0 Å². The van der Waals surface area contributed by atoms with Gasteiger partial charge in [-0.1, -0.05) is 36.5 Å². The monoisotopic (exact) mass is 205 g/mol. The first-order valence-electron chi connectivity index (χ1n) is 5.51. The number of carbonyl (C=O) groups is 1. The number of ketones is 1. The van der Waals surface area contributed by atoms with E-state index in [1.807, 2.05) is 31.2 Å². The molecule has 0 radical (unpaired) electrons. The lowest BCUT2D eigenvalue weighted by Crippen LogP contribution is -2.33. The highest BCUT2D eigenvalue weighted by Gasteiger charge is 2.13.